The lowest BCUT2D eigenvalue weighted by atomic mass is 9.65. The Morgan fingerprint density at radius 1 is 1.46 bits per heavy atom. The van der Waals surface area contributed by atoms with E-state index in [9.17, 15) is 20.0 Å². The number of hydrogen-bond acceptors (Lipinski definition) is 6. The van der Waals surface area contributed by atoms with Gasteiger partial charge in [0.2, 0.25) is 0 Å². The number of halogens is 1. The molecule has 0 aromatic carbocycles. The average Bonchev–Trinajstić information content (AvgIpc) is 3.08. The van der Waals surface area contributed by atoms with E-state index < -0.39 is 16.4 Å². The summed E-state index contributed by atoms with van der Waals surface area (Å²) in [6.45, 7) is 2.23. The molecule has 2 saturated carbocycles. The second-order valence-electron chi connectivity index (χ2n) is 7.33. The van der Waals surface area contributed by atoms with Crippen LogP contribution < -0.4 is 5.32 Å². The Morgan fingerprint density at radius 2 is 2.15 bits per heavy atom. The zero-order valence-corrected chi connectivity index (χ0v) is 15.7. The van der Waals surface area contributed by atoms with Crippen LogP contribution in [0.4, 0.5) is 0 Å². The monoisotopic (exact) mass is 384 g/mol. The molecule has 2 atom stereocenters. The Bertz CT molecular complexity index is 659. The molecule has 8 nitrogen and oxygen atoms in total. The SMILES string of the molecule is CCC1=C([N+](=O)[O-])CN(C2(C(=O)O)CCC2CNC2CCCC2)C(Cl)=N1. The van der Waals surface area contributed by atoms with Gasteiger partial charge in [0.1, 0.15) is 17.8 Å². The Morgan fingerprint density at radius 3 is 2.65 bits per heavy atom. The van der Waals surface area contributed by atoms with Crippen molar-refractivity contribution in [1.29, 1.82) is 0 Å². The van der Waals surface area contributed by atoms with Crippen molar-refractivity contribution in [3.05, 3.63) is 21.5 Å². The summed E-state index contributed by atoms with van der Waals surface area (Å²) in [4.78, 5) is 28.7. The number of carboxylic acids is 1. The van der Waals surface area contributed by atoms with Crippen LogP contribution in [0.3, 0.4) is 0 Å². The number of hydrogen-bond donors (Lipinski definition) is 2. The maximum Gasteiger partial charge on any atom is 0.329 e. The van der Waals surface area contributed by atoms with Crippen LogP contribution in [0.15, 0.2) is 16.4 Å². The van der Waals surface area contributed by atoms with Crippen LogP contribution in [0, 0.1) is 16.0 Å². The van der Waals surface area contributed by atoms with Gasteiger partial charge in [-0.1, -0.05) is 19.8 Å². The molecule has 0 aromatic heterocycles. The highest BCUT2D eigenvalue weighted by atomic mass is 35.5. The quantitative estimate of drug-likeness (QED) is 0.396. The lowest BCUT2D eigenvalue weighted by Crippen LogP contribution is -2.68. The van der Waals surface area contributed by atoms with E-state index in [-0.39, 0.29) is 23.5 Å². The van der Waals surface area contributed by atoms with Crippen molar-refractivity contribution in [1.82, 2.24) is 10.2 Å². The minimum atomic E-state index is -1.23. The molecule has 0 amide bonds. The van der Waals surface area contributed by atoms with Crippen LogP contribution >= 0.6 is 11.6 Å². The molecule has 0 aromatic rings. The van der Waals surface area contributed by atoms with E-state index in [0.717, 1.165) is 19.3 Å². The molecule has 1 aliphatic heterocycles. The first-order chi connectivity index (χ1) is 12.4. The van der Waals surface area contributed by atoms with Gasteiger partial charge in [0.15, 0.2) is 5.29 Å². The van der Waals surface area contributed by atoms with E-state index >= 15 is 0 Å². The standard InChI is InChI=1S/C17H25ClN4O4/c1-2-13-14(22(25)26)10-21(16(18)20-13)17(15(23)24)8-7-11(17)9-19-12-5-3-4-6-12/h11-12,19H,2-10H2,1H3,(H,23,24). The fourth-order valence-corrected chi connectivity index (χ4v) is 4.69. The first kappa shape index (κ1) is 19.1. The molecule has 2 unspecified atom stereocenters. The zero-order valence-electron chi connectivity index (χ0n) is 14.9. The largest absolute Gasteiger partial charge is 0.479 e. The van der Waals surface area contributed by atoms with Crippen molar-refractivity contribution < 1.29 is 14.8 Å². The highest BCUT2D eigenvalue weighted by molar-refractivity contribution is 6.65. The molecule has 26 heavy (non-hydrogen) atoms. The van der Waals surface area contributed by atoms with Gasteiger partial charge >= 0.3 is 5.97 Å². The summed E-state index contributed by atoms with van der Waals surface area (Å²) in [6.07, 6.45) is 6.19. The highest BCUT2D eigenvalue weighted by Gasteiger charge is 2.59. The maximum atomic E-state index is 12.2. The van der Waals surface area contributed by atoms with E-state index in [1.54, 1.807) is 6.92 Å². The molecule has 3 rings (SSSR count). The smallest absolute Gasteiger partial charge is 0.329 e. The third-order valence-electron chi connectivity index (χ3n) is 6.06. The van der Waals surface area contributed by atoms with E-state index in [4.69, 9.17) is 11.6 Å². The summed E-state index contributed by atoms with van der Waals surface area (Å²) in [5, 5.41) is 24.9. The number of aliphatic carboxylic acids is 1. The van der Waals surface area contributed by atoms with Crippen molar-refractivity contribution in [3.8, 4) is 0 Å². The topological polar surface area (TPSA) is 108 Å². The number of nitro groups is 1. The van der Waals surface area contributed by atoms with Gasteiger partial charge in [-0.15, -0.1) is 0 Å². The van der Waals surface area contributed by atoms with Crippen molar-refractivity contribution in [2.24, 2.45) is 10.9 Å². The maximum absolute atomic E-state index is 12.2. The number of allylic oxidation sites excluding steroid dienone is 1. The van der Waals surface area contributed by atoms with Crippen LogP contribution in [-0.2, 0) is 4.79 Å². The third kappa shape index (κ3) is 3.20. The minimum Gasteiger partial charge on any atom is -0.479 e. The van der Waals surface area contributed by atoms with Crippen LogP contribution in [0.1, 0.15) is 51.9 Å². The number of amidine groups is 1. The van der Waals surface area contributed by atoms with Gasteiger partial charge in [-0.25, -0.2) is 9.79 Å². The fraction of sp³-hybridized carbons (Fsp3) is 0.765. The first-order valence-electron chi connectivity index (χ1n) is 9.25. The molecule has 144 valence electrons. The average molecular weight is 385 g/mol. The summed E-state index contributed by atoms with van der Waals surface area (Å²) in [7, 11) is 0. The second-order valence-corrected chi connectivity index (χ2v) is 7.66. The highest BCUT2D eigenvalue weighted by Crippen LogP contribution is 2.46. The van der Waals surface area contributed by atoms with Crippen LogP contribution in [-0.4, -0.2) is 50.9 Å². The van der Waals surface area contributed by atoms with Gasteiger partial charge in [-0.2, -0.15) is 0 Å². The van der Waals surface area contributed by atoms with E-state index in [1.165, 1.54) is 17.7 Å². The second kappa shape index (κ2) is 7.52. The van der Waals surface area contributed by atoms with Crippen molar-refractivity contribution in [3.63, 3.8) is 0 Å². The molecule has 0 radical (unpaired) electrons. The molecule has 3 aliphatic rings. The lowest BCUT2D eigenvalue weighted by molar-refractivity contribution is -0.430. The molecule has 0 saturated heterocycles. The number of carboxylic acid groups (broad SMARTS) is 1. The number of nitrogens with one attached hydrogen (secondary N) is 1. The van der Waals surface area contributed by atoms with Gasteiger partial charge in [0.05, 0.1) is 4.92 Å². The molecule has 2 fully saturated rings. The fourth-order valence-electron chi connectivity index (χ4n) is 4.38. The molecule has 2 N–H and O–H groups in total. The van der Waals surface area contributed by atoms with E-state index in [0.29, 0.717) is 31.1 Å². The Labute approximate surface area is 157 Å². The molecule has 9 heteroatoms. The van der Waals surface area contributed by atoms with Gasteiger partial charge in [0.25, 0.3) is 5.70 Å². The van der Waals surface area contributed by atoms with Crippen LogP contribution in [0.5, 0.6) is 0 Å². The van der Waals surface area contributed by atoms with E-state index in [1.807, 2.05) is 0 Å². The Balaban J connectivity index is 1.81. The predicted molar refractivity (Wildman–Crippen MR) is 97.7 cm³/mol. The predicted octanol–water partition coefficient (Wildman–Crippen LogP) is 2.56. The summed E-state index contributed by atoms with van der Waals surface area (Å²) in [5.41, 5.74) is -0.976. The van der Waals surface area contributed by atoms with Crippen molar-refractivity contribution in [2.75, 3.05) is 13.1 Å². The third-order valence-corrected chi connectivity index (χ3v) is 6.34. The first-order valence-corrected chi connectivity index (χ1v) is 9.63. The van der Waals surface area contributed by atoms with Gasteiger partial charge in [-0.05, 0) is 43.7 Å². The van der Waals surface area contributed by atoms with Crippen molar-refractivity contribution in [2.45, 2.75) is 63.5 Å². The number of carbonyl (C=O) groups is 1. The summed E-state index contributed by atoms with van der Waals surface area (Å²) < 4.78 is 0. The summed E-state index contributed by atoms with van der Waals surface area (Å²) >= 11 is 6.30. The van der Waals surface area contributed by atoms with E-state index in [2.05, 4.69) is 10.3 Å². The van der Waals surface area contributed by atoms with Crippen molar-refractivity contribution >= 4 is 22.9 Å². The van der Waals surface area contributed by atoms with Crippen LogP contribution in [0.2, 0.25) is 0 Å². The molecular formula is C17H25ClN4O4. The normalized spacial score (nSPS) is 29.5. The summed E-state index contributed by atoms with van der Waals surface area (Å²) in [6, 6.07) is 0.438. The number of rotatable bonds is 7. The Kier molecular flexibility index (Phi) is 5.53. The Hall–Kier alpha value is -1.67. The molecule has 1 heterocycles. The molecule has 0 bridgehead atoms. The molecule has 2 aliphatic carbocycles. The number of aliphatic imine (C=N–C) groups is 1. The van der Waals surface area contributed by atoms with Gasteiger partial charge < -0.3 is 15.3 Å². The summed E-state index contributed by atoms with van der Waals surface area (Å²) in [5.74, 6) is -1.14. The molecular weight excluding hydrogens is 360 g/mol. The van der Waals surface area contributed by atoms with Gasteiger partial charge in [0, 0.05) is 18.5 Å². The number of nitrogens with zero attached hydrogens (tertiary/aromatic N) is 3. The van der Waals surface area contributed by atoms with Crippen LogP contribution in [0.25, 0.3) is 0 Å². The van der Waals surface area contributed by atoms with Gasteiger partial charge in [-0.3, -0.25) is 10.1 Å². The zero-order chi connectivity index (χ0) is 18.9. The lowest BCUT2D eigenvalue weighted by Gasteiger charge is -2.53. The minimum absolute atomic E-state index is 0.0421. The molecule has 0 spiro atoms.